The molecule has 8 heteroatoms. The minimum absolute atomic E-state index is 0.159. The molecule has 0 aliphatic carbocycles. The van der Waals surface area contributed by atoms with Gasteiger partial charge in [0.1, 0.15) is 5.01 Å². The van der Waals surface area contributed by atoms with Crippen molar-refractivity contribution >= 4 is 57.3 Å². The van der Waals surface area contributed by atoms with Crippen molar-refractivity contribution in [3.05, 3.63) is 73.9 Å². The second kappa shape index (κ2) is 11.9. The van der Waals surface area contributed by atoms with Crippen molar-refractivity contribution in [2.75, 3.05) is 30.5 Å². The van der Waals surface area contributed by atoms with E-state index in [-0.39, 0.29) is 6.10 Å². The summed E-state index contributed by atoms with van der Waals surface area (Å²) < 4.78 is 19.3. The number of aryl methyl sites for hydroxylation is 1. The predicted molar refractivity (Wildman–Crippen MR) is 149 cm³/mol. The van der Waals surface area contributed by atoms with Gasteiger partial charge in [0.15, 0.2) is 0 Å². The first-order valence-electron chi connectivity index (χ1n) is 11.2. The van der Waals surface area contributed by atoms with E-state index in [1.165, 1.54) is 10.6 Å². The van der Waals surface area contributed by atoms with Crippen LogP contribution in [-0.2, 0) is 22.1 Å². The Morgan fingerprint density at radius 1 is 1.29 bits per heavy atom. The van der Waals surface area contributed by atoms with Gasteiger partial charge in [0.05, 0.1) is 38.3 Å². The number of aromatic nitrogens is 1. The molecule has 2 aromatic carbocycles. The first kappa shape index (κ1) is 25.5. The number of halogens is 1. The molecule has 180 valence electrons. The van der Waals surface area contributed by atoms with Gasteiger partial charge in [-0.2, -0.15) is 0 Å². The molecule has 4 nitrogen and oxygen atoms in total. The van der Waals surface area contributed by atoms with E-state index in [0.29, 0.717) is 6.61 Å². The summed E-state index contributed by atoms with van der Waals surface area (Å²) in [6, 6.07) is 16.2. The molecule has 2 unspecified atom stereocenters. The van der Waals surface area contributed by atoms with Crippen LogP contribution in [0.15, 0.2) is 52.8 Å². The maximum absolute atomic E-state index is 12.1. The van der Waals surface area contributed by atoms with E-state index >= 15 is 0 Å². The van der Waals surface area contributed by atoms with Gasteiger partial charge in [0, 0.05) is 35.6 Å². The molecule has 1 saturated heterocycles. The van der Waals surface area contributed by atoms with Gasteiger partial charge < -0.3 is 9.64 Å². The Labute approximate surface area is 217 Å². The van der Waals surface area contributed by atoms with E-state index in [2.05, 4.69) is 29.2 Å². The Morgan fingerprint density at radius 2 is 2.06 bits per heavy atom. The zero-order chi connectivity index (χ0) is 24.1. The number of nitrogens with zero attached hydrogens (tertiary/aromatic N) is 2. The number of rotatable bonds is 8. The summed E-state index contributed by atoms with van der Waals surface area (Å²) in [5.41, 5.74) is 4.38. The third kappa shape index (κ3) is 6.32. The Bertz CT molecular complexity index is 1180. The summed E-state index contributed by atoms with van der Waals surface area (Å²) in [7, 11) is -0.994. The van der Waals surface area contributed by atoms with Crippen LogP contribution in [0.3, 0.4) is 0 Å². The quantitative estimate of drug-likeness (QED) is 0.312. The topological polar surface area (TPSA) is 42.4 Å². The normalized spacial score (nSPS) is 17.7. The van der Waals surface area contributed by atoms with Crippen molar-refractivity contribution in [3.63, 3.8) is 0 Å². The largest absolute Gasteiger partial charge is 0.371 e. The SMILES string of the molecule is CS/C(=C/c1ccccc1N1CCCC(OCc2sc(-c3ccc(Cl)cc3)nc2C)C1)S(C)=O. The summed E-state index contributed by atoms with van der Waals surface area (Å²) in [6.07, 6.45) is 8.04. The number of para-hydroxylation sites is 1. The lowest BCUT2D eigenvalue weighted by molar-refractivity contribution is 0.0327. The van der Waals surface area contributed by atoms with Crippen LogP contribution in [0.25, 0.3) is 16.6 Å². The standard InChI is InChI=1S/C26H29ClN2O2S3/c1-18-24(33-26(28-18)19-10-12-21(27)13-11-19)17-31-22-8-6-14-29(16-22)23-9-5-4-7-20(23)15-25(32-2)34(3)30/h4-5,7,9-13,15,22H,6,8,14,16-17H2,1-3H3/b25-15-. The second-order valence-corrected chi connectivity index (χ2v) is 12.2. The molecule has 2 atom stereocenters. The third-order valence-corrected chi connectivity index (χ3v) is 9.69. The first-order valence-corrected chi connectivity index (χ1v) is 15.2. The molecule has 34 heavy (non-hydrogen) atoms. The predicted octanol–water partition coefficient (Wildman–Crippen LogP) is 7.00. The van der Waals surface area contributed by atoms with Gasteiger partial charge in [-0.3, -0.25) is 4.21 Å². The smallest absolute Gasteiger partial charge is 0.123 e. The summed E-state index contributed by atoms with van der Waals surface area (Å²) in [6.45, 7) is 4.46. The van der Waals surface area contributed by atoms with Gasteiger partial charge in [-0.05, 0) is 55.9 Å². The van der Waals surface area contributed by atoms with Crippen LogP contribution >= 0.6 is 34.7 Å². The fourth-order valence-electron chi connectivity index (χ4n) is 4.05. The second-order valence-electron chi connectivity index (χ2n) is 8.24. The Morgan fingerprint density at radius 3 is 2.79 bits per heavy atom. The number of thioether (sulfide) groups is 1. The highest BCUT2D eigenvalue weighted by Crippen LogP contribution is 2.32. The zero-order valence-electron chi connectivity index (χ0n) is 19.6. The van der Waals surface area contributed by atoms with Crippen molar-refractivity contribution in [1.29, 1.82) is 0 Å². The minimum Gasteiger partial charge on any atom is -0.371 e. The zero-order valence-corrected chi connectivity index (χ0v) is 22.8. The van der Waals surface area contributed by atoms with E-state index in [1.54, 1.807) is 29.4 Å². The molecule has 0 radical (unpaired) electrons. The summed E-state index contributed by atoms with van der Waals surface area (Å²) in [5, 5.41) is 1.73. The van der Waals surface area contributed by atoms with Crippen LogP contribution in [0.5, 0.6) is 0 Å². The fourth-order valence-corrected chi connectivity index (χ4v) is 6.64. The maximum Gasteiger partial charge on any atom is 0.123 e. The summed E-state index contributed by atoms with van der Waals surface area (Å²) in [5.74, 6) is 0. The van der Waals surface area contributed by atoms with Gasteiger partial charge in [0.25, 0.3) is 0 Å². The molecule has 0 saturated carbocycles. The number of hydrogen-bond acceptors (Lipinski definition) is 6. The van der Waals surface area contributed by atoms with E-state index < -0.39 is 10.8 Å². The Balaban J connectivity index is 1.44. The number of thiazole rings is 1. The number of anilines is 1. The highest BCUT2D eigenvalue weighted by Gasteiger charge is 2.23. The van der Waals surface area contributed by atoms with Crippen molar-refractivity contribution < 1.29 is 8.95 Å². The number of benzene rings is 2. The van der Waals surface area contributed by atoms with Crippen molar-refractivity contribution in [1.82, 2.24) is 4.98 Å². The monoisotopic (exact) mass is 532 g/mol. The van der Waals surface area contributed by atoms with Crippen LogP contribution < -0.4 is 4.90 Å². The molecule has 3 aromatic rings. The Hall–Kier alpha value is -1.64. The van der Waals surface area contributed by atoms with Crippen LogP contribution in [0.1, 0.15) is 29.0 Å². The molecule has 1 aromatic heterocycles. The van der Waals surface area contributed by atoms with Gasteiger partial charge >= 0.3 is 0 Å². The molecule has 0 N–H and O–H groups in total. The van der Waals surface area contributed by atoms with Crippen molar-refractivity contribution in [3.8, 4) is 10.6 Å². The van der Waals surface area contributed by atoms with Crippen LogP contribution in [0.4, 0.5) is 5.69 Å². The van der Waals surface area contributed by atoms with E-state index in [1.807, 2.05) is 43.5 Å². The lowest BCUT2D eigenvalue weighted by Crippen LogP contribution is -2.40. The lowest BCUT2D eigenvalue weighted by atomic mass is 10.0. The van der Waals surface area contributed by atoms with E-state index in [4.69, 9.17) is 21.3 Å². The highest BCUT2D eigenvalue weighted by atomic mass is 35.5. The number of piperidine rings is 1. The molecule has 1 aliphatic rings. The number of hydrogen-bond donors (Lipinski definition) is 0. The van der Waals surface area contributed by atoms with Crippen molar-refractivity contribution in [2.24, 2.45) is 0 Å². The van der Waals surface area contributed by atoms with Crippen LogP contribution in [0.2, 0.25) is 5.02 Å². The molecule has 0 spiro atoms. The number of ether oxygens (including phenoxy) is 1. The van der Waals surface area contributed by atoms with Gasteiger partial charge in [-0.1, -0.05) is 41.9 Å². The molecular weight excluding hydrogens is 504 g/mol. The Kier molecular flexibility index (Phi) is 8.88. The van der Waals surface area contributed by atoms with Gasteiger partial charge in [-0.15, -0.1) is 23.1 Å². The fraction of sp³-hybridized carbons (Fsp3) is 0.346. The van der Waals surface area contributed by atoms with Crippen LogP contribution in [0, 0.1) is 6.92 Å². The van der Waals surface area contributed by atoms with E-state index in [9.17, 15) is 4.21 Å². The maximum atomic E-state index is 12.1. The first-order chi connectivity index (χ1) is 16.4. The summed E-state index contributed by atoms with van der Waals surface area (Å²) in [4.78, 5) is 8.32. The molecule has 2 heterocycles. The lowest BCUT2D eigenvalue weighted by Gasteiger charge is -2.35. The molecular formula is C26H29ClN2O2S3. The molecule has 0 bridgehead atoms. The van der Waals surface area contributed by atoms with Crippen LogP contribution in [-0.4, -0.2) is 40.9 Å². The third-order valence-electron chi connectivity index (χ3n) is 5.85. The molecule has 0 amide bonds. The van der Waals surface area contributed by atoms with Gasteiger partial charge in [-0.25, -0.2) is 4.98 Å². The minimum atomic E-state index is -0.994. The van der Waals surface area contributed by atoms with Crippen molar-refractivity contribution in [2.45, 2.75) is 32.5 Å². The molecule has 1 fully saturated rings. The highest BCUT2D eigenvalue weighted by molar-refractivity contribution is 8.16. The van der Waals surface area contributed by atoms with Gasteiger partial charge in [0.2, 0.25) is 0 Å². The van der Waals surface area contributed by atoms with E-state index in [0.717, 1.165) is 57.0 Å². The summed E-state index contributed by atoms with van der Waals surface area (Å²) >= 11 is 9.25. The molecule has 4 rings (SSSR count). The molecule has 1 aliphatic heterocycles. The average Bonchev–Trinajstić information content (AvgIpc) is 3.22. The average molecular weight is 533 g/mol.